The molecule has 0 bridgehead atoms. The van der Waals surface area contributed by atoms with E-state index in [2.05, 4.69) is 15.0 Å². The maximum Gasteiger partial charge on any atom is 0.308 e. The fourth-order valence-corrected chi connectivity index (χ4v) is 4.51. The van der Waals surface area contributed by atoms with Gasteiger partial charge in [0.2, 0.25) is 17.6 Å². The second kappa shape index (κ2) is 9.60. The van der Waals surface area contributed by atoms with E-state index in [9.17, 15) is 9.59 Å². The molecule has 8 nitrogen and oxygen atoms in total. The number of hydrogen-bond acceptors (Lipinski definition) is 7. The highest BCUT2D eigenvalue weighted by Crippen LogP contribution is 2.25. The number of benzene rings is 1. The first kappa shape index (κ1) is 21.5. The lowest BCUT2D eigenvalue weighted by Crippen LogP contribution is -2.46. The fourth-order valence-electron chi connectivity index (χ4n) is 4.51. The average molecular weight is 427 g/mol. The molecule has 0 spiro atoms. The normalized spacial score (nSPS) is 18.8. The van der Waals surface area contributed by atoms with Gasteiger partial charge in [-0.1, -0.05) is 28.9 Å². The Kier molecular flexibility index (Phi) is 6.65. The number of amides is 1. The number of methoxy groups -OCH3 is 1. The molecule has 2 aliphatic rings. The number of piperidine rings is 2. The van der Waals surface area contributed by atoms with Crippen LogP contribution in [-0.4, -0.2) is 65.1 Å². The van der Waals surface area contributed by atoms with Gasteiger partial charge in [0.25, 0.3) is 0 Å². The summed E-state index contributed by atoms with van der Waals surface area (Å²) in [6, 6.07) is 8.05. The largest absolute Gasteiger partial charge is 0.469 e. The third kappa shape index (κ3) is 5.12. The van der Waals surface area contributed by atoms with Crippen molar-refractivity contribution < 1.29 is 18.8 Å². The Hall–Kier alpha value is -2.74. The van der Waals surface area contributed by atoms with E-state index in [1.165, 1.54) is 7.11 Å². The Morgan fingerprint density at radius 2 is 1.81 bits per heavy atom. The molecule has 0 N–H and O–H groups in total. The van der Waals surface area contributed by atoms with Crippen molar-refractivity contribution in [3.8, 4) is 11.4 Å². The molecule has 2 aliphatic heterocycles. The smallest absolute Gasteiger partial charge is 0.308 e. The SMILES string of the molecule is COC(=O)C1CCN(C(=O)C2CCN(Cc3nc(-c4cccc(C)c4)no3)CC2)CC1. The average Bonchev–Trinajstić information content (AvgIpc) is 3.27. The van der Waals surface area contributed by atoms with Crippen LogP contribution >= 0.6 is 0 Å². The molecule has 31 heavy (non-hydrogen) atoms. The first-order valence-corrected chi connectivity index (χ1v) is 11.0. The van der Waals surface area contributed by atoms with Crippen LogP contribution in [0, 0.1) is 18.8 Å². The molecule has 1 aromatic heterocycles. The van der Waals surface area contributed by atoms with Crippen molar-refractivity contribution in [2.75, 3.05) is 33.3 Å². The van der Waals surface area contributed by atoms with Crippen molar-refractivity contribution in [2.45, 2.75) is 39.2 Å². The first-order chi connectivity index (χ1) is 15.0. The van der Waals surface area contributed by atoms with Gasteiger partial charge in [-0.25, -0.2) is 0 Å². The highest BCUT2D eigenvalue weighted by molar-refractivity contribution is 5.79. The summed E-state index contributed by atoms with van der Waals surface area (Å²) in [6.07, 6.45) is 3.04. The number of carbonyl (C=O) groups is 2. The third-order valence-corrected chi connectivity index (χ3v) is 6.38. The van der Waals surface area contributed by atoms with Crippen LogP contribution in [0.15, 0.2) is 28.8 Å². The van der Waals surface area contributed by atoms with Crippen LogP contribution in [0.3, 0.4) is 0 Å². The molecule has 8 heteroatoms. The predicted molar refractivity (Wildman–Crippen MR) is 114 cm³/mol. The Bertz CT molecular complexity index is 912. The van der Waals surface area contributed by atoms with Crippen LogP contribution in [0.1, 0.15) is 37.1 Å². The Morgan fingerprint density at radius 1 is 1.10 bits per heavy atom. The maximum atomic E-state index is 12.9. The number of aryl methyl sites for hydroxylation is 1. The molecular formula is C23H30N4O4. The summed E-state index contributed by atoms with van der Waals surface area (Å²) >= 11 is 0. The molecule has 0 atom stereocenters. The Balaban J connectivity index is 1.25. The summed E-state index contributed by atoms with van der Waals surface area (Å²) in [5, 5.41) is 4.12. The summed E-state index contributed by atoms with van der Waals surface area (Å²) in [4.78, 5) is 33.3. The van der Waals surface area contributed by atoms with E-state index < -0.39 is 0 Å². The predicted octanol–water partition coefficient (Wildman–Crippen LogP) is 2.67. The zero-order valence-corrected chi connectivity index (χ0v) is 18.2. The topological polar surface area (TPSA) is 88.8 Å². The molecule has 166 valence electrons. The van der Waals surface area contributed by atoms with Crippen molar-refractivity contribution in [3.05, 3.63) is 35.7 Å². The second-order valence-electron chi connectivity index (χ2n) is 8.55. The van der Waals surface area contributed by atoms with Crippen molar-refractivity contribution in [1.82, 2.24) is 19.9 Å². The van der Waals surface area contributed by atoms with E-state index >= 15 is 0 Å². The summed E-state index contributed by atoms with van der Waals surface area (Å²) in [5.41, 5.74) is 2.11. The minimum absolute atomic E-state index is 0.0523. The monoisotopic (exact) mass is 426 g/mol. The zero-order chi connectivity index (χ0) is 21.8. The summed E-state index contributed by atoms with van der Waals surface area (Å²) in [7, 11) is 1.42. The first-order valence-electron chi connectivity index (χ1n) is 11.0. The maximum absolute atomic E-state index is 12.9. The lowest BCUT2D eigenvalue weighted by Gasteiger charge is -2.36. The standard InChI is InChI=1S/C23H30N4O4/c1-16-4-3-5-19(14-16)21-24-20(31-25-21)15-26-10-6-17(7-11-26)22(28)27-12-8-18(9-13-27)23(29)30-2/h3-5,14,17-18H,6-13,15H2,1-2H3. The van der Waals surface area contributed by atoms with E-state index in [1.807, 2.05) is 36.1 Å². The van der Waals surface area contributed by atoms with E-state index in [1.54, 1.807) is 0 Å². The van der Waals surface area contributed by atoms with Gasteiger partial charge in [0.05, 0.1) is 19.6 Å². The van der Waals surface area contributed by atoms with Gasteiger partial charge in [0, 0.05) is 24.6 Å². The minimum Gasteiger partial charge on any atom is -0.469 e. The lowest BCUT2D eigenvalue weighted by molar-refractivity contribution is -0.150. The van der Waals surface area contributed by atoms with Crippen molar-refractivity contribution >= 4 is 11.9 Å². The molecule has 0 unspecified atom stereocenters. The molecule has 0 radical (unpaired) electrons. The molecule has 0 aliphatic carbocycles. The molecule has 3 heterocycles. The summed E-state index contributed by atoms with van der Waals surface area (Å²) < 4.78 is 10.3. The quantitative estimate of drug-likeness (QED) is 0.679. The highest BCUT2D eigenvalue weighted by atomic mass is 16.5. The molecule has 2 aromatic rings. The fraction of sp³-hybridized carbons (Fsp3) is 0.565. The summed E-state index contributed by atoms with van der Waals surface area (Å²) in [6.45, 7) is 5.58. The van der Waals surface area contributed by atoms with E-state index in [0.29, 0.717) is 44.2 Å². The van der Waals surface area contributed by atoms with Crippen LogP contribution in [-0.2, 0) is 20.9 Å². The minimum atomic E-state index is -0.160. The number of hydrogen-bond donors (Lipinski definition) is 0. The van der Waals surface area contributed by atoms with Crippen LogP contribution in [0.4, 0.5) is 0 Å². The third-order valence-electron chi connectivity index (χ3n) is 6.38. The summed E-state index contributed by atoms with van der Waals surface area (Å²) in [5.74, 6) is 1.26. The molecule has 2 saturated heterocycles. The van der Waals surface area contributed by atoms with Gasteiger partial charge in [0.1, 0.15) is 0 Å². The number of aromatic nitrogens is 2. The molecule has 4 rings (SSSR count). The molecule has 0 saturated carbocycles. The van der Waals surface area contributed by atoms with Crippen LogP contribution in [0.25, 0.3) is 11.4 Å². The number of likely N-dealkylation sites (tertiary alicyclic amines) is 2. The Morgan fingerprint density at radius 3 is 2.48 bits per heavy atom. The number of rotatable bonds is 5. The van der Waals surface area contributed by atoms with Crippen molar-refractivity contribution in [3.63, 3.8) is 0 Å². The van der Waals surface area contributed by atoms with Crippen LogP contribution in [0.5, 0.6) is 0 Å². The van der Waals surface area contributed by atoms with Crippen LogP contribution < -0.4 is 0 Å². The van der Waals surface area contributed by atoms with Gasteiger partial charge in [-0.15, -0.1) is 0 Å². The molecule has 1 amide bonds. The Labute approximate surface area is 182 Å². The number of esters is 1. The zero-order valence-electron chi connectivity index (χ0n) is 18.2. The lowest BCUT2D eigenvalue weighted by atomic mass is 9.92. The van der Waals surface area contributed by atoms with Crippen molar-refractivity contribution in [1.29, 1.82) is 0 Å². The molecular weight excluding hydrogens is 396 g/mol. The van der Waals surface area contributed by atoms with Gasteiger partial charge in [-0.3, -0.25) is 14.5 Å². The van der Waals surface area contributed by atoms with Crippen molar-refractivity contribution in [2.24, 2.45) is 11.8 Å². The molecule has 2 fully saturated rings. The van der Waals surface area contributed by atoms with Gasteiger partial charge < -0.3 is 14.2 Å². The second-order valence-corrected chi connectivity index (χ2v) is 8.55. The van der Waals surface area contributed by atoms with Crippen LogP contribution in [0.2, 0.25) is 0 Å². The van der Waals surface area contributed by atoms with E-state index in [-0.39, 0.29) is 23.7 Å². The van der Waals surface area contributed by atoms with Gasteiger partial charge in [-0.05, 0) is 51.8 Å². The van der Waals surface area contributed by atoms with Gasteiger partial charge >= 0.3 is 5.97 Å². The molecule has 1 aromatic carbocycles. The van der Waals surface area contributed by atoms with Gasteiger partial charge in [-0.2, -0.15) is 4.98 Å². The number of ether oxygens (including phenoxy) is 1. The number of nitrogens with zero attached hydrogens (tertiary/aromatic N) is 4. The number of carbonyl (C=O) groups excluding carboxylic acids is 2. The highest BCUT2D eigenvalue weighted by Gasteiger charge is 2.33. The van der Waals surface area contributed by atoms with E-state index in [0.717, 1.165) is 37.1 Å². The van der Waals surface area contributed by atoms with E-state index in [4.69, 9.17) is 9.26 Å². The van der Waals surface area contributed by atoms with Gasteiger partial charge in [0.15, 0.2) is 0 Å².